The minimum Gasteiger partial charge on any atom is -0.593 e. The SMILES string of the molecule is CCN(Cc1cscn1)C[C@@H]1[S+]([O-])N(C)C(=N)N[C@]1(C)c1cc(NC(=O)c2ccc(F)cn2)ccc1F. The summed E-state index contributed by atoms with van der Waals surface area (Å²) in [6.07, 6.45) is 0.936. The maximum atomic E-state index is 15.3. The molecule has 3 heterocycles. The highest BCUT2D eigenvalue weighted by atomic mass is 32.2. The Morgan fingerprint density at radius 3 is 2.78 bits per heavy atom. The molecular formula is C24H27F2N7O2S2. The van der Waals surface area contributed by atoms with Crippen molar-refractivity contribution in [3.05, 3.63) is 76.0 Å². The molecule has 1 unspecified atom stereocenters. The molecule has 3 aromatic rings. The number of carbonyl (C=O) groups excluding carboxylic acids is 1. The number of pyridine rings is 1. The number of nitrogens with zero attached hydrogens (tertiary/aromatic N) is 4. The van der Waals surface area contributed by atoms with Crippen molar-refractivity contribution in [2.24, 2.45) is 0 Å². The van der Waals surface area contributed by atoms with Crippen LogP contribution in [0.2, 0.25) is 0 Å². The van der Waals surface area contributed by atoms with E-state index in [2.05, 4.69) is 25.5 Å². The van der Waals surface area contributed by atoms with Crippen LogP contribution < -0.4 is 10.6 Å². The molecule has 0 aliphatic carbocycles. The van der Waals surface area contributed by atoms with E-state index in [0.717, 1.165) is 18.0 Å². The van der Waals surface area contributed by atoms with Gasteiger partial charge in [-0.15, -0.1) is 11.3 Å². The predicted molar refractivity (Wildman–Crippen MR) is 140 cm³/mol. The molecule has 37 heavy (non-hydrogen) atoms. The zero-order valence-corrected chi connectivity index (χ0v) is 22.1. The molecule has 0 saturated carbocycles. The highest BCUT2D eigenvalue weighted by Gasteiger charge is 2.53. The van der Waals surface area contributed by atoms with Crippen molar-refractivity contribution in [2.45, 2.75) is 31.2 Å². The number of carbonyl (C=O) groups is 1. The second-order valence-corrected chi connectivity index (χ2v) is 11.1. The van der Waals surface area contributed by atoms with Gasteiger partial charge in [-0.05, 0) is 43.8 Å². The lowest BCUT2D eigenvalue weighted by molar-refractivity contribution is 0.102. The average Bonchev–Trinajstić information content (AvgIpc) is 3.39. The summed E-state index contributed by atoms with van der Waals surface area (Å²) in [5.74, 6) is -1.84. The first-order chi connectivity index (χ1) is 17.6. The van der Waals surface area contributed by atoms with E-state index in [1.807, 2.05) is 12.3 Å². The van der Waals surface area contributed by atoms with Gasteiger partial charge in [0.25, 0.3) is 5.91 Å². The van der Waals surface area contributed by atoms with Crippen molar-refractivity contribution < 1.29 is 18.1 Å². The molecule has 1 amide bonds. The Labute approximate surface area is 220 Å². The van der Waals surface area contributed by atoms with E-state index in [-0.39, 0.29) is 22.9 Å². The van der Waals surface area contributed by atoms with Crippen LogP contribution in [0.4, 0.5) is 14.5 Å². The summed E-state index contributed by atoms with van der Waals surface area (Å²) in [6, 6.07) is 6.44. The molecule has 13 heteroatoms. The maximum Gasteiger partial charge on any atom is 0.274 e. The quantitative estimate of drug-likeness (QED) is 0.370. The highest BCUT2D eigenvalue weighted by molar-refractivity contribution is 7.90. The minimum atomic E-state index is -1.66. The van der Waals surface area contributed by atoms with E-state index in [9.17, 15) is 13.7 Å². The largest absolute Gasteiger partial charge is 0.593 e. The molecule has 3 N–H and O–H groups in total. The molecule has 1 aliphatic heterocycles. The summed E-state index contributed by atoms with van der Waals surface area (Å²) in [6.45, 7) is 5.20. The first-order valence-corrected chi connectivity index (χ1v) is 13.6. The lowest BCUT2D eigenvalue weighted by Gasteiger charge is -2.47. The number of aromatic nitrogens is 2. The standard InChI is InChI=1S/C24H27F2N7O2S2/c1-4-33(11-17-13-36-14-29-17)12-21-24(2,31-23(27)32(3)37(21)35)18-9-16(6-7-19(18)26)30-22(34)20-8-5-15(25)10-28-20/h5-10,13-14,21H,4,11-12H2,1-3H3,(H2,27,31)(H,30,34)/t21-,24+,37?/m0/s1. The van der Waals surface area contributed by atoms with Gasteiger partial charge < -0.3 is 15.2 Å². The van der Waals surface area contributed by atoms with Crippen LogP contribution in [0.15, 0.2) is 47.4 Å². The predicted octanol–water partition coefficient (Wildman–Crippen LogP) is 3.31. The van der Waals surface area contributed by atoms with Crippen LogP contribution in [0.5, 0.6) is 0 Å². The fraction of sp³-hybridized carbons (Fsp3) is 0.333. The second kappa shape index (κ2) is 11.1. The Kier molecular flexibility index (Phi) is 8.07. The minimum absolute atomic E-state index is 0.00251. The average molecular weight is 548 g/mol. The third-order valence-corrected chi connectivity index (χ3v) is 8.80. The van der Waals surface area contributed by atoms with E-state index in [1.165, 1.54) is 39.9 Å². The van der Waals surface area contributed by atoms with Gasteiger partial charge in [-0.2, -0.15) is 4.31 Å². The Balaban J connectivity index is 1.66. The van der Waals surface area contributed by atoms with Crippen molar-refractivity contribution in [3.63, 3.8) is 0 Å². The van der Waals surface area contributed by atoms with Gasteiger partial charge in [0.05, 0.1) is 42.4 Å². The number of anilines is 1. The molecule has 1 aliphatic rings. The number of hydrogen-bond acceptors (Lipinski definition) is 7. The summed E-state index contributed by atoms with van der Waals surface area (Å²) >= 11 is -0.174. The molecule has 0 spiro atoms. The van der Waals surface area contributed by atoms with Gasteiger partial charge in [0.15, 0.2) is 5.25 Å². The number of benzene rings is 1. The first-order valence-electron chi connectivity index (χ1n) is 11.5. The number of amides is 1. The van der Waals surface area contributed by atoms with E-state index < -0.39 is 39.7 Å². The van der Waals surface area contributed by atoms with Crippen molar-refractivity contribution >= 4 is 40.3 Å². The van der Waals surface area contributed by atoms with E-state index >= 15 is 4.39 Å². The Morgan fingerprint density at radius 1 is 1.35 bits per heavy atom. The number of hydrogen-bond donors (Lipinski definition) is 3. The lowest BCUT2D eigenvalue weighted by Crippen LogP contribution is -2.68. The summed E-state index contributed by atoms with van der Waals surface area (Å²) in [5.41, 5.74) is 1.81. The number of halogens is 2. The van der Waals surface area contributed by atoms with Gasteiger partial charge in [-0.25, -0.2) is 18.7 Å². The molecule has 1 saturated heterocycles. The number of thiazole rings is 1. The topological polar surface area (TPSA) is 120 Å². The lowest BCUT2D eigenvalue weighted by atomic mass is 9.86. The van der Waals surface area contributed by atoms with Crippen LogP contribution in [0.3, 0.4) is 0 Å². The molecule has 4 rings (SSSR count). The molecule has 1 aromatic carbocycles. The van der Waals surface area contributed by atoms with E-state index in [1.54, 1.807) is 19.5 Å². The van der Waals surface area contributed by atoms with Crippen LogP contribution >= 0.6 is 11.3 Å². The van der Waals surface area contributed by atoms with Crippen molar-refractivity contribution in [2.75, 3.05) is 25.5 Å². The summed E-state index contributed by atoms with van der Waals surface area (Å²) in [5, 5.41) is 15.3. The van der Waals surface area contributed by atoms with Crippen molar-refractivity contribution in [1.82, 2.24) is 24.5 Å². The Hall–Kier alpha value is -3.13. The summed E-state index contributed by atoms with van der Waals surface area (Å²) in [4.78, 5) is 22.8. The Bertz CT molecular complexity index is 1260. The summed E-state index contributed by atoms with van der Waals surface area (Å²) in [7, 11) is 1.55. The third kappa shape index (κ3) is 5.74. The molecule has 0 radical (unpaired) electrons. The molecular weight excluding hydrogens is 520 g/mol. The first kappa shape index (κ1) is 26.9. The zero-order valence-electron chi connectivity index (χ0n) is 20.5. The second-order valence-electron chi connectivity index (χ2n) is 8.76. The van der Waals surface area contributed by atoms with Gasteiger partial charge in [0, 0.05) is 23.2 Å². The van der Waals surface area contributed by atoms with Crippen LogP contribution in [0.1, 0.15) is 35.6 Å². The van der Waals surface area contributed by atoms with Crippen LogP contribution in [0, 0.1) is 17.0 Å². The number of rotatable bonds is 8. The van der Waals surface area contributed by atoms with Gasteiger partial charge in [-0.3, -0.25) is 15.1 Å². The zero-order chi connectivity index (χ0) is 26.7. The smallest absolute Gasteiger partial charge is 0.274 e. The normalized spacial score (nSPS) is 21.7. The van der Waals surface area contributed by atoms with Crippen molar-refractivity contribution in [1.29, 1.82) is 5.41 Å². The van der Waals surface area contributed by atoms with E-state index in [4.69, 9.17) is 5.41 Å². The number of nitrogens with one attached hydrogen (secondary N) is 3. The van der Waals surface area contributed by atoms with E-state index in [0.29, 0.717) is 19.6 Å². The van der Waals surface area contributed by atoms with Gasteiger partial charge >= 0.3 is 0 Å². The van der Waals surface area contributed by atoms with Crippen LogP contribution in [-0.4, -0.2) is 61.0 Å². The molecule has 196 valence electrons. The molecule has 9 nitrogen and oxygen atoms in total. The van der Waals surface area contributed by atoms with Crippen LogP contribution in [0.25, 0.3) is 0 Å². The van der Waals surface area contributed by atoms with Crippen molar-refractivity contribution in [3.8, 4) is 0 Å². The fourth-order valence-electron chi connectivity index (χ4n) is 4.17. The maximum absolute atomic E-state index is 15.3. The Morgan fingerprint density at radius 2 is 2.14 bits per heavy atom. The van der Waals surface area contributed by atoms with Gasteiger partial charge in [0.2, 0.25) is 5.96 Å². The van der Waals surface area contributed by atoms with Gasteiger partial charge in [-0.1, -0.05) is 6.92 Å². The van der Waals surface area contributed by atoms with Gasteiger partial charge in [0.1, 0.15) is 22.9 Å². The molecule has 0 bridgehead atoms. The third-order valence-electron chi connectivity index (χ3n) is 6.33. The van der Waals surface area contributed by atoms with Crippen LogP contribution in [-0.2, 0) is 23.4 Å². The fourth-order valence-corrected chi connectivity index (χ4v) is 6.25. The molecule has 1 fully saturated rings. The molecule has 2 aromatic heterocycles. The monoisotopic (exact) mass is 547 g/mol. The molecule has 3 atom stereocenters. The number of guanidine groups is 1. The highest BCUT2D eigenvalue weighted by Crippen LogP contribution is 2.37. The summed E-state index contributed by atoms with van der Waals surface area (Å²) < 4.78 is 43.4.